The lowest BCUT2D eigenvalue weighted by Gasteiger charge is -2.16. The average molecular weight is 391 g/mol. The zero-order valence-corrected chi connectivity index (χ0v) is 17.2. The predicted octanol–water partition coefficient (Wildman–Crippen LogP) is 2.79. The van der Waals surface area contributed by atoms with Crippen LogP contribution in [0.5, 0.6) is 0 Å². The Morgan fingerprint density at radius 3 is 2.69 bits per heavy atom. The first-order valence-corrected chi connectivity index (χ1v) is 9.87. The van der Waals surface area contributed by atoms with Gasteiger partial charge in [-0.15, -0.1) is 0 Å². The first-order chi connectivity index (χ1) is 13.8. The quantitative estimate of drug-likeness (QED) is 0.741. The van der Waals surface area contributed by atoms with Crippen molar-refractivity contribution in [1.29, 1.82) is 0 Å². The predicted molar refractivity (Wildman–Crippen MR) is 112 cm³/mol. The van der Waals surface area contributed by atoms with Crippen molar-refractivity contribution in [3.63, 3.8) is 0 Å². The van der Waals surface area contributed by atoms with Gasteiger partial charge in [0.2, 0.25) is 11.9 Å². The first kappa shape index (κ1) is 19.1. The summed E-state index contributed by atoms with van der Waals surface area (Å²) in [6.07, 6.45) is 2.40. The maximum atomic E-state index is 13.2. The maximum Gasteiger partial charge on any atom is 0.258 e. The number of amides is 1. The van der Waals surface area contributed by atoms with Crippen molar-refractivity contribution in [3.05, 3.63) is 68.4 Å². The second-order valence-electron chi connectivity index (χ2n) is 7.72. The summed E-state index contributed by atoms with van der Waals surface area (Å²) < 4.78 is 3.10. The van der Waals surface area contributed by atoms with E-state index in [1.165, 1.54) is 4.57 Å². The molecule has 0 aliphatic heterocycles. The molecule has 0 saturated heterocycles. The number of hydrogen-bond donors (Lipinski definition) is 1. The van der Waals surface area contributed by atoms with Crippen molar-refractivity contribution in [2.24, 2.45) is 0 Å². The summed E-state index contributed by atoms with van der Waals surface area (Å²) in [5.74, 6) is 0.140. The number of benzene rings is 1. The van der Waals surface area contributed by atoms with Crippen LogP contribution in [0.1, 0.15) is 40.2 Å². The van der Waals surface area contributed by atoms with Crippen molar-refractivity contribution >= 4 is 11.6 Å². The van der Waals surface area contributed by atoms with Crippen LogP contribution >= 0.6 is 0 Å². The minimum atomic E-state index is -0.261. The molecule has 3 aromatic rings. The van der Waals surface area contributed by atoms with E-state index >= 15 is 0 Å². The lowest BCUT2D eigenvalue weighted by Crippen LogP contribution is -2.34. The molecule has 0 fully saturated rings. The number of rotatable bonds is 4. The third-order valence-corrected chi connectivity index (χ3v) is 5.55. The molecule has 0 radical (unpaired) electrons. The molecule has 29 heavy (non-hydrogen) atoms. The summed E-state index contributed by atoms with van der Waals surface area (Å²) in [7, 11) is 0. The van der Waals surface area contributed by atoms with Gasteiger partial charge in [-0.25, -0.2) is 9.67 Å². The van der Waals surface area contributed by atoms with E-state index < -0.39 is 0 Å². The molecule has 0 unspecified atom stereocenters. The molecule has 1 aliphatic rings. The summed E-state index contributed by atoms with van der Waals surface area (Å²) in [6.45, 7) is 7.67. The highest BCUT2D eigenvalue weighted by Gasteiger charge is 2.24. The Hall–Kier alpha value is -3.22. The average Bonchev–Trinajstić information content (AvgIpc) is 3.27. The highest BCUT2D eigenvalue weighted by molar-refractivity contribution is 5.91. The van der Waals surface area contributed by atoms with Gasteiger partial charge < -0.3 is 5.32 Å². The van der Waals surface area contributed by atoms with Crippen LogP contribution in [0.2, 0.25) is 0 Å². The highest BCUT2D eigenvalue weighted by Crippen LogP contribution is 2.20. The van der Waals surface area contributed by atoms with E-state index in [0.717, 1.165) is 52.3 Å². The summed E-state index contributed by atoms with van der Waals surface area (Å²) in [5, 5.41) is 7.42. The largest absolute Gasteiger partial charge is 0.324 e. The van der Waals surface area contributed by atoms with Gasteiger partial charge in [-0.1, -0.05) is 12.1 Å². The van der Waals surface area contributed by atoms with E-state index in [4.69, 9.17) is 4.98 Å². The fourth-order valence-corrected chi connectivity index (χ4v) is 3.87. The molecule has 0 spiro atoms. The van der Waals surface area contributed by atoms with Gasteiger partial charge in [0.15, 0.2) is 0 Å². The molecule has 2 heterocycles. The zero-order valence-electron chi connectivity index (χ0n) is 17.2. The first-order valence-electron chi connectivity index (χ1n) is 9.87. The Labute approximate surface area is 169 Å². The molecule has 0 saturated carbocycles. The lowest BCUT2D eigenvalue weighted by atomic mass is 10.1. The van der Waals surface area contributed by atoms with Crippen molar-refractivity contribution in [3.8, 4) is 5.95 Å². The van der Waals surface area contributed by atoms with Crippen LogP contribution in [-0.4, -0.2) is 25.2 Å². The van der Waals surface area contributed by atoms with E-state index in [0.29, 0.717) is 12.4 Å². The number of fused-ring (bicyclic) bond motifs is 1. The van der Waals surface area contributed by atoms with Gasteiger partial charge in [0.05, 0.1) is 11.4 Å². The van der Waals surface area contributed by atoms with Crippen LogP contribution in [0, 0.1) is 27.7 Å². The van der Waals surface area contributed by atoms with Gasteiger partial charge in [0, 0.05) is 16.9 Å². The van der Waals surface area contributed by atoms with Crippen LogP contribution in [0.25, 0.3) is 5.95 Å². The number of hydrogen-bond acceptors (Lipinski definition) is 4. The van der Waals surface area contributed by atoms with Crippen LogP contribution < -0.4 is 10.9 Å². The highest BCUT2D eigenvalue weighted by atomic mass is 16.2. The van der Waals surface area contributed by atoms with Crippen molar-refractivity contribution in [2.75, 3.05) is 5.32 Å². The SMILES string of the molecule is Cc1cc(C)n(-c2nc3c(c(=O)n2CC(=O)Nc2cccc(C)c2C)CCC3)n1. The molecule has 4 rings (SSSR count). The second kappa shape index (κ2) is 7.31. The van der Waals surface area contributed by atoms with Crippen LogP contribution in [0.3, 0.4) is 0 Å². The minimum absolute atomic E-state index is 0.111. The zero-order chi connectivity index (χ0) is 20.7. The summed E-state index contributed by atoms with van der Waals surface area (Å²) in [4.78, 5) is 30.8. The number of nitrogens with zero attached hydrogens (tertiary/aromatic N) is 4. The van der Waals surface area contributed by atoms with E-state index in [1.54, 1.807) is 4.68 Å². The maximum absolute atomic E-state index is 13.2. The normalized spacial score (nSPS) is 12.8. The van der Waals surface area contributed by atoms with Gasteiger partial charge in [-0.3, -0.25) is 14.2 Å². The molecule has 150 valence electrons. The minimum Gasteiger partial charge on any atom is -0.324 e. The van der Waals surface area contributed by atoms with Crippen LogP contribution in [-0.2, 0) is 24.2 Å². The molecular formula is C22H25N5O2. The number of aryl methyl sites for hydroxylation is 4. The van der Waals surface area contributed by atoms with Gasteiger partial charge >= 0.3 is 0 Å². The van der Waals surface area contributed by atoms with Gasteiger partial charge in [-0.05, 0) is 70.2 Å². The summed E-state index contributed by atoms with van der Waals surface area (Å²) in [6, 6.07) is 7.70. The number of nitrogens with one attached hydrogen (secondary N) is 1. The van der Waals surface area contributed by atoms with Crippen molar-refractivity contribution < 1.29 is 4.79 Å². The Kier molecular flexibility index (Phi) is 4.82. The molecule has 7 nitrogen and oxygen atoms in total. The van der Waals surface area contributed by atoms with Gasteiger partial charge in [-0.2, -0.15) is 5.10 Å². The van der Waals surface area contributed by atoms with E-state index in [2.05, 4.69) is 10.4 Å². The summed E-state index contributed by atoms with van der Waals surface area (Å²) >= 11 is 0. The topological polar surface area (TPSA) is 81.8 Å². The van der Waals surface area contributed by atoms with Gasteiger partial charge in [0.25, 0.3) is 5.56 Å². The Balaban J connectivity index is 1.74. The molecule has 0 atom stereocenters. The Morgan fingerprint density at radius 1 is 1.17 bits per heavy atom. The van der Waals surface area contributed by atoms with Crippen molar-refractivity contribution in [2.45, 2.75) is 53.5 Å². The Bertz CT molecular complexity index is 1170. The van der Waals surface area contributed by atoms with E-state index in [-0.39, 0.29) is 18.0 Å². The molecule has 1 N–H and O–H groups in total. The second-order valence-corrected chi connectivity index (χ2v) is 7.72. The fraction of sp³-hybridized carbons (Fsp3) is 0.364. The van der Waals surface area contributed by atoms with Crippen molar-refractivity contribution in [1.82, 2.24) is 19.3 Å². The number of aromatic nitrogens is 4. The van der Waals surface area contributed by atoms with Gasteiger partial charge in [0.1, 0.15) is 6.54 Å². The molecule has 0 bridgehead atoms. The number of carbonyl (C=O) groups excluding carboxylic acids is 1. The Morgan fingerprint density at radius 2 is 1.97 bits per heavy atom. The third kappa shape index (κ3) is 3.48. The molecular weight excluding hydrogens is 366 g/mol. The van der Waals surface area contributed by atoms with E-state index in [1.807, 2.05) is 52.0 Å². The standard InChI is InChI=1S/C22H25N5O2/c1-13-7-5-9-18(16(13)4)23-20(28)12-26-21(29)17-8-6-10-19(17)24-22(26)27-15(3)11-14(2)25-27/h5,7,9,11H,6,8,10,12H2,1-4H3,(H,23,28). The summed E-state index contributed by atoms with van der Waals surface area (Å²) in [5.41, 5.74) is 5.97. The third-order valence-electron chi connectivity index (χ3n) is 5.55. The molecule has 7 heteroatoms. The number of anilines is 1. The lowest BCUT2D eigenvalue weighted by molar-refractivity contribution is -0.116. The van der Waals surface area contributed by atoms with Crippen LogP contribution in [0.15, 0.2) is 29.1 Å². The monoisotopic (exact) mass is 391 g/mol. The molecule has 1 amide bonds. The number of carbonyl (C=O) groups is 1. The van der Waals surface area contributed by atoms with Crippen LogP contribution in [0.4, 0.5) is 5.69 Å². The molecule has 2 aromatic heterocycles. The van der Waals surface area contributed by atoms with E-state index in [9.17, 15) is 9.59 Å². The molecule has 1 aromatic carbocycles. The fourth-order valence-electron chi connectivity index (χ4n) is 3.87. The smallest absolute Gasteiger partial charge is 0.258 e. The molecule has 1 aliphatic carbocycles.